The molecule has 0 saturated heterocycles. The summed E-state index contributed by atoms with van der Waals surface area (Å²) in [6.07, 6.45) is 0. The van der Waals surface area contributed by atoms with Gasteiger partial charge in [0.2, 0.25) is 10.0 Å². The summed E-state index contributed by atoms with van der Waals surface area (Å²) in [6.45, 7) is 7.21. The average molecular weight is 286 g/mol. The molecule has 0 aliphatic heterocycles. The summed E-state index contributed by atoms with van der Waals surface area (Å²) >= 11 is 0. The van der Waals surface area contributed by atoms with Crippen molar-refractivity contribution in [3.63, 3.8) is 0 Å². The zero-order chi connectivity index (χ0) is 14.7. The Labute approximate surface area is 115 Å². The van der Waals surface area contributed by atoms with E-state index in [-0.39, 0.29) is 10.9 Å². The van der Waals surface area contributed by atoms with Crippen LogP contribution in [0, 0.1) is 0 Å². The first-order valence-electron chi connectivity index (χ1n) is 6.26. The highest BCUT2D eigenvalue weighted by Crippen LogP contribution is 2.23. The van der Waals surface area contributed by atoms with Crippen LogP contribution in [0.1, 0.15) is 27.7 Å². The molecular weight excluding hydrogens is 264 g/mol. The molecule has 1 unspecified atom stereocenters. The van der Waals surface area contributed by atoms with Gasteiger partial charge in [0.05, 0.1) is 17.3 Å². The fraction of sp³-hybridized carbons (Fsp3) is 0.538. The third kappa shape index (κ3) is 4.19. The van der Waals surface area contributed by atoms with Crippen molar-refractivity contribution in [3.05, 3.63) is 24.3 Å². The second-order valence-corrected chi connectivity index (χ2v) is 6.75. The number of benzene rings is 1. The van der Waals surface area contributed by atoms with Gasteiger partial charge in [-0.2, -0.15) is 0 Å². The van der Waals surface area contributed by atoms with Gasteiger partial charge in [-0.15, -0.1) is 0 Å². The molecule has 0 bridgehead atoms. The third-order valence-corrected chi connectivity index (χ3v) is 4.55. The van der Waals surface area contributed by atoms with E-state index in [0.29, 0.717) is 12.2 Å². The van der Waals surface area contributed by atoms with Crippen LogP contribution in [0.5, 0.6) is 0 Å². The van der Waals surface area contributed by atoms with E-state index in [1.165, 1.54) is 6.07 Å². The van der Waals surface area contributed by atoms with E-state index >= 15 is 0 Å². The van der Waals surface area contributed by atoms with Gasteiger partial charge in [0.1, 0.15) is 4.90 Å². The number of rotatable bonds is 6. The summed E-state index contributed by atoms with van der Waals surface area (Å²) in [5.74, 6) is 0. The highest BCUT2D eigenvalue weighted by molar-refractivity contribution is 7.89. The zero-order valence-electron chi connectivity index (χ0n) is 11.8. The van der Waals surface area contributed by atoms with Crippen LogP contribution in [-0.2, 0) is 10.0 Å². The largest absolute Gasteiger partial charge is 0.388 e. The summed E-state index contributed by atoms with van der Waals surface area (Å²) < 4.78 is 26.6. The van der Waals surface area contributed by atoms with Gasteiger partial charge in [-0.3, -0.25) is 0 Å². The highest BCUT2D eigenvalue weighted by Gasteiger charge is 2.24. The van der Waals surface area contributed by atoms with Gasteiger partial charge in [-0.05, 0) is 32.9 Å². The molecule has 0 aliphatic carbocycles. The normalized spacial score (nSPS) is 14.2. The zero-order valence-corrected chi connectivity index (χ0v) is 12.6. The molecule has 1 aromatic carbocycles. The van der Waals surface area contributed by atoms with Crippen molar-refractivity contribution in [1.29, 1.82) is 0 Å². The second kappa shape index (κ2) is 5.90. The van der Waals surface area contributed by atoms with Crippen molar-refractivity contribution in [2.75, 3.05) is 11.9 Å². The van der Waals surface area contributed by atoms with E-state index in [9.17, 15) is 13.5 Å². The van der Waals surface area contributed by atoms with Crippen LogP contribution < -0.4 is 10.0 Å². The van der Waals surface area contributed by atoms with Crippen LogP contribution in [0.2, 0.25) is 0 Å². The van der Waals surface area contributed by atoms with E-state index < -0.39 is 15.6 Å². The summed E-state index contributed by atoms with van der Waals surface area (Å²) in [6, 6.07) is 6.36. The molecule has 108 valence electrons. The highest BCUT2D eigenvalue weighted by atomic mass is 32.2. The van der Waals surface area contributed by atoms with Crippen molar-refractivity contribution < 1.29 is 13.5 Å². The first kappa shape index (κ1) is 15.9. The lowest BCUT2D eigenvalue weighted by molar-refractivity contribution is 0.0648. The molecule has 0 aliphatic rings. The van der Waals surface area contributed by atoms with Gasteiger partial charge < -0.3 is 10.4 Å². The molecule has 0 heterocycles. The molecule has 0 amide bonds. The summed E-state index contributed by atoms with van der Waals surface area (Å²) in [4.78, 5) is 0.188. The van der Waals surface area contributed by atoms with Gasteiger partial charge in [-0.25, -0.2) is 13.1 Å². The Kier molecular flexibility index (Phi) is 4.95. The van der Waals surface area contributed by atoms with Gasteiger partial charge in [0.15, 0.2) is 0 Å². The average Bonchev–Trinajstić information content (AvgIpc) is 2.28. The molecule has 5 nitrogen and oxygen atoms in total. The summed E-state index contributed by atoms with van der Waals surface area (Å²) in [5, 5.41) is 13.0. The van der Waals surface area contributed by atoms with Crippen LogP contribution in [0.25, 0.3) is 0 Å². The summed E-state index contributed by atoms with van der Waals surface area (Å²) in [7, 11) is -3.53. The van der Waals surface area contributed by atoms with Crippen molar-refractivity contribution in [2.24, 2.45) is 0 Å². The van der Waals surface area contributed by atoms with E-state index in [1.54, 1.807) is 45.9 Å². The van der Waals surface area contributed by atoms with Crippen LogP contribution in [0.15, 0.2) is 29.2 Å². The van der Waals surface area contributed by atoms with E-state index in [1.807, 2.05) is 0 Å². The Balaban J connectivity index is 3.11. The molecule has 0 spiro atoms. The number of anilines is 1. The summed E-state index contributed by atoms with van der Waals surface area (Å²) in [5.41, 5.74) is -0.465. The van der Waals surface area contributed by atoms with Crippen molar-refractivity contribution >= 4 is 15.7 Å². The molecule has 0 saturated carbocycles. The van der Waals surface area contributed by atoms with Crippen molar-refractivity contribution in [1.82, 2.24) is 4.72 Å². The molecule has 0 aromatic heterocycles. The predicted octanol–water partition coefficient (Wildman–Crippen LogP) is 1.56. The maximum atomic E-state index is 12.1. The predicted molar refractivity (Wildman–Crippen MR) is 76.7 cm³/mol. The van der Waals surface area contributed by atoms with Crippen molar-refractivity contribution in [2.45, 2.75) is 44.2 Å². The molecule has 0 radical (unpaired) electrons. The lowest BCUT2D eigenvalue weighted by atomic mass is 10.0. The number of aliphatic hydroxyl groups is 1. The SMILES string of the molecule is CCNS(=O)(=O)c1ccccc1NC(C)C(C)(C)O. The number of para-hydroxylation sites is 1. The number of nitrogens with one attached hydrogen (secondary N) is 2. The van der Waals surface area contributed by atoms with Crippen LogP contribution >= 0.6 is 0 Å². The first-order chi connectivity index (χ1) is 8.68. The minimum Gasteiger partial charge on any atom is -0.388 e. The monoisotopic (exact) mass is 286 g/mol. The molecule has 3 N–H and O–H groups in total. The molecule has 1 atom stereocenters. The maximum Gasteiger partial charge on any atom is 0.242 e. The van der Waals surface area contributed by atoms with Crippen molar-refractivity contribution in [3.8, 4) is 0 Å². The fourth-order valence-corrected chi connectivity index (χ4v) is 2.71. The third-order valence-electron chi connectivity index (χ3n) is 2.94. The lowest BCUT2D eigenvalue weighted by Crippen LogP contribution is -2.39. The van der Waals surface area contributed by atoms with Crippen LogP contribution in [0.4, 0.5) is 5.69 Å². The topological polar surface area (TPSA) is 78.4 Å². The molecule has 19 heavy (non-hydrogen) atoms. The Morgan fingerprint density at radius 2 is 1.89 bits per heavy atom. The quantitative estimate of drug-likeness (QED) is 0.741. The first-order valence-corrected chi connectivity index (χ1v) is 7.74. The molecular formula is C13H22N2O3S. The Bertz CT molecular complexity index is 521. The van der Waals surface area contributed by atoms with Crippen LogP contribution in [-0.4, -0.2) is 31.7 Å². The molecule has 0 fully saturated rings. The van der Waals surface area contributed by atoms with Gasteiger partial charge in [0, 0.05) is 6.54 Å². The Morgan fingerprint density at radius 3 is 2.42 bits per heavy atom. The minimum atomic E-state index is -3.53. The van der Waals surface area contributed by atoms with E-state index in [4.69, 9.17) is 0 Å². The second-order valence-electron chi connectivity index (χ2n) is 5.02. The number of hydrogen-bond acceptors (Lipinski definition) is 4. The minimum absolute atomic E-state index is 0.188. The molecule has 6 heteroatoms. The van der Waals surface area contributed by atoms with Crippen LogP contribution in [0.3, 0.4) is 0 Å². The standard InChI is InChI=1S/C13H22N2O3S/c1-5-14-19(17,18)12-9-7-6-8-11(12)15-10(2)13(3,4)16/h6-10,14-16H,5H2,1-4H3. The number of sulfonamides is 1. The maximum absolute atomic E-state index is 12.1. The Morgan fingerprint density at radius 1 is 1.32 bits per heavy atom. The smallest absolute Gasteiger partial charge is 0.242 e. The van der Waals surface area contributed by atoms with Gasteiger partial charge >= 0.3 is 0 Å². The van der Waals surface area contributed by atoms with E-state index in [2.05, 4.69) is 10.0 Å². The molecule has 1 aromatic rings. The molecule has 1 rings (SSSR count). The van der Waals surface area contributed by atoms with Gasteiger partial charge in [0.25, 0.3) is 0 Å². The number of hydrogen-bond donors (Lipinski definition) is 3. The lowest BCUT2D eigenvalue weighted by Gasteiger charge is -2.28. The van der Waals surface area contributed by atoms with E-state index in [0.717, 1.165) is 0 Å². The van der Waals surface area contributed by atoms with Gasteiger partial charge in [-0.1, -0.05) is 19.1 Å². The Hall–Kier alpha value is -1.11. The fourth-order valence-electron chi connectivity index (χ4n) is 1.50.